The van der Waals surface area contributed by atoms with Crippen molar-refractivity contribution in [1.82, 2.24) is 10.2 Å². The van der Waals surface area contributed by atoms with Gasteiger partial charge in [-0.25, -0.2) is 4.99 Å². The number of hydrogen-bond donors (Lipinski definition) is 1. The van der Waals surface area contributed by atoms with E-state index in [9.17, 15) is 4.79 Å². The lowest BCUT2D eigenvalue weighted by atomic mass is 10.5. The van der Waals surface area contributed by atoms with Crippen LogP contribution in [-0.4, -0.2) is 43.7 Å². The largest absolute Gasteiger partial charge is 0.357 e. The minimum atomic E-state index is 0.629. The zero-order chi connectivity index (χ0) is 7.94. The summed E-state index contributed by atoms with van der Waals surface area (Å²) in [6.45, 7) is 2.01. The van der Waals surface area contributed by atoms with Crippen molar-refractivity contribution >= 4 is 19.1 Å². The molecule has 1 aliphatic rings. The number of aliphatic imine (C=N–C) groups is 2. The van der Waals surface area contributed by atoms with E-state index >= 15 is 0 Å². The SMILES string of the molecule is O=CNCCN1C=NC=NC1. The van der Waals surface area contributed by atoms with Gasteiger partial charge in [0.15, 0.2) is 0 Å². The van der Waals surface area contributed by atoms with Gasteiger partial charge in [-0.15, -0.1) is 0 Å². The first kappa shape index (κ1) is 7.71. The Balaban J connectivity index is 2.12. The first-order valence-electron chi connectivity index (χ1n) is 3.36. The Morgan fingerprint density at radius 3 is 3.27 bits per heavy atom. The molecular weight excluding hydrogens is 144 g/mol. The third-order valence-electron chi connectivity index (χ3n) is 1.27. The number of carbonyl (C=O) groups excluding carboxylic acids is 1. The highest BCUT2D eigenvalue weighted by atomic mass is 16.1. The average Bonchev–Trinajstić information content (AvgIpc) is 2.07. The van der Waals surface area contributed by atoms with Gasteiger partial charge < -0.3 is 10.2 Å². The van der Waals surface area contributed by atoms with Gasteiger partial charge in [-0.3, -0.25) is 9.79 Å². The maximum Gasteiger partial charge on any atom is 0.207 e. The van der Waals surface area contributed by atoms with E-state index in [1.807, 2.05) is 4.90 Å². The van der Waals surface area contributed by atoms with E-state index < -0.39 is 0 Å². The molecule has 0 aromatic rings. The smallest absolute Gasteiger partial charge is 0.207 e. The van der Waals surface area contributed by atoms with Gasteiger partial charge in [0.1, 0.15) is 13.0 Å². The van der Waals surface area contributed by atoms with Crippen molar-refractivity contribution in [3.8, 4) is 0 Å². The Bertz CT molecular complexity index is 177. The normalized spacial score (nSPS) is 15.1. The minimum Gasteiger partial charge on any atom is -0.357 e. The summed E-state index contributed by atoms with van der Waals surface area (Å²) in [5.74, 6) is 0. The summed E-state index contributed by atoms with van der Waals surface area (Å²) in [4.78, 5) is 19.5. The molecule has 0 unspecified atom stereocenters. The maximum absolute atomic E-state index is 9.85. The van der Waals surface area contributed by atoms with E-state index in [0.717, 1.165) is 6.54 Å². The molecule has 1 rings (SSSR count). The highest BCUT2D eigenvalue weighted by Crippen LogP contribution is 1.87. The summed E-state index contributed by atoms with van der Waals surface area (Å²) in [6.07, 6.45) is 3.91. The molecule has 0 aromatic heterocycles. The highest BCUT2D eigenvalue weighted by molar-refractivity contribution is 5.72. The van der Waals surface area contributed by atoms with E-state index in [1.54, 1.807) is 6.34 Å². The van der Waals surface area contributed by atoms with Gasteiger partial charge in [-0.2, -0.15) is 0 Å². The Labute approximate surface area is 64.8 Å². The first-order valence-corrected chi connectivity index (χ1v) is 3.36. The number of nitrogens with zero attached hydrogens (tertiary/aromatic N) is 3. The highest BCUT2D eigenvalue weighted by Gasteiger charge is 1.98. The van der Waals surface area contributed by atoms with Crippen LogP contribution < -0.4 is 5.32 Å². The lowest BCUT2D eigenvalue weighted by molar-refractivity contribution is -0.109. The van der Waals surface area contributed by atoms with Crippen molar-refractivity contribution in [3.63, 3.8) is 0 Å². The zero-order valence-electron chi connectivity index (χ0n) is 6.10. The van der Waals surface area contributed by atoms with Crippen LogP contribution in [0.3, 0.4) is 0 Å². The van der Waals surface area contributed by atoms with Crippen molar-refractivity contribution in [3.05, 3.63) is 0 Å². The van der Waals surface area contributed by atoms with Gasteiger partial charge in [0, 0.05) is 13.1 Å². The van der Waals surface area contributed by atoms with Crippen molar-refractivity contribution < 1.29 is 4.79 Å². The topological polar surface area (TPSA) is 57.1 Å². The molecule has 0 aromatic carbocycles. The second-order valence-corrected chi connectivity index (χ2v) is 2.09. The van der Waals surface area contributed by atoms with Crippen molar-refractivity contribution in [2.75, 3.05) is 19.8 Å². The molecular formula is C6H10N4O. The second kappa shape index (κ2) is 4.43. The minimum absolute atomic E-state index is 0.629. The van der Waals surface area contributed by atoms with Crippen LogP contribution in [0.1, 0.15) is 0 Å². The standard InChI is InChI=1S/C6H10N4O/c11-6-7-1-2-10-4-8-3-9-5-10/h3-4,6H,1-2,5H2,(H,7,11). The third-order valence-corrected chi connectivity index (χ3v) is 1.27. The summed E-state index contributed by atoms with van der Waals surface area (Å²) < 4.78 is 0. The van der Waals surface area contributed by atoms with Crippen LogP contribution in [0.5, 0.6) is 0 Å². The quantitative estimate of drug-likeness (QED) is 0.420. The molecule has 5 nitrogen and oxygen atoms in total. The fourth-order valence-electron chi connectivity index (χ4n) is 0.745. The molecule has 0 fully saturated rings. The number of amides is 1. The number of rotatable bonds is 4. The first-order chi connectivity index (χ1) is 5.43. The Morgan fingerprint density at radius 2 is 2.64 bits per heavy atom. The van der Waals surface area contributed by atoms with Gasteiger partial charge in [0.2, 0.25) is 6.41 Å². The van der Waals surface area contributed by atoms with E-state index in [2.05, 4.69) is 15.3 Å². The zero-order valence-corrected chi connectivity index (χ0v) is 6.10. The monoisotopic (exact) mass is 154 g/mol. The van der Waals surface area contributed by atoms with Gasteiger partial charge in [0.05, 0.1) is 6.34 Å². The molecule has 60 valence electrons. The summed E-state index contributed by atoms with van der Waals surface area (Å²) in [7, 11) is 0. The number of hydrogen-bond acceptors (Lipinski definition) is 4. The molecule has 0 aliphatic carbocycles. The van der Waals surface area contributed by atoms with Gasteiger partial charge in [0.25, 0.3) is 0 Å². The van der Waals surface area contributed by atoms with E-state index in [1.165, 1.54) is 6.34 Å². The fourth-order valence-corrected chi connectivity index (χ4v) is 0.745. The predicted octanol–water partition coefficient (Wildman–Crippen LogP) is -0.938. The van der Waals surface area contributed by atoms with Crippen LogP contribution in [-0.2, 0) is 4.79 Å². The fraction of sp³-hybridized carbons (Fsp3) is 0.500. The van der Waals surface area contributed by atoms with Gasteiger partial charge in [-0.05, 0) is 0 Å². The second-order valence-electron chi connectivity index (χ2n) is 2.09. The summed E-state index contributed by atoms with van der Waals surface area (Å²) >= 11 is 0. The third kappa shape index (κ3) is 2.79. The predicted molar refractivity (Wildman–Crippen MR) is 42.6 cm³/mol. The molecule has 1 aliphatic heterocycles. The Hall–Kier alpha value is -1.39. The molecule has 1 heterocycles. The molecule has 5 heteroatoms. The van der Waals surface area contributed by atoms with Crippen LogP contribution in [0, 0.1) is 0 Å². The number of nitrogens with one attached hydrogen (secondary N) is 1. The molecule has 1 N–H and O–H groups in total. The average molecular weight is 154 g/mol. The Kier molecular flexibility index (Phi) is 3.11. The van der Waals surface area contributed by atoms with E-state index in [0.29, 0.717) is 19.6 Å². The van der Waals surface area contributed by atoms with E-state index in [-0.39, 0.29) is 0 Å². The van der Waals surface area contributed by atoms with Crippen LogP contribution >= 0.6 is 0 Å². The Morgan fingerprint density at radius 1 is 1.73 bits per heavy atom. The molecule has 1 amide bonds. The lowest BCUT2D eigenvalue weighted by Crippen LogP contribution is -2.32. The van der Waals surface area contributed by atoms with Gasteiger partial charge in [-0.1, -0.05) is 0 Å². The summed E-state index contributed by atoms with van der Waals surface area (Å²) in [6, 6.07) is 0. The summed E-state index contributed by atoms with van der Waals surface area (Å²) in [5, 5.41) is 2.56. The van der Waals surface area contributed by atoms with Crippen LogP contribution in [0.25, 0.3) is 0 Å². The molecule has 0 bridgehead atoms. The maximum atomic E-state index is 9.85. The molecule has 0 saturated carbocycles. The van der Waals surface area contributed by atoms with Crippen molar-refractivity contribution in [1.29, 1.82) is 0 Å². The van der Waals surface area contributed by atoms with Crippen molar-refractivity contribution in [2.45, 2.75) is 0 Å². The van der Waals surface area contributed by atoms with Gasteiger partial charge >= 0.3 is 0 Å². The van der Waals surface area contributed by atoms with Crippen molar-refractivity contribution in [2.24, 2.45) is 9.98 Å². The lowest BCUT2D eigenvalue weighted by Gasteiger charge is -2.17. The van der Waals surface area contributed by atoms with Crippen LogP contribution in [0.4, 0.5) is 0 Å². The summed E-state index contributed by atoms with van der Waals surface area (Å²) in [5.41, 5.74) is 0. The molecule has 0 saturated heterocycles. The van der Waals surface area contributed by atoms with Crippen LogP contribution in [0.2, 0.25) is 0 Å². The van der Waals surface area contributed by atoms with E-state index in [4.69, 9.17) is 0 Å². The van der Waals surface area contributed by atoms with Crippen LogP contribution in [0.15, 0.2) is 9.98 Å². The molecule has 11 heavy (non-hydrogen) atoms. The molecule has 0 atom stereocenters. The molecule has 0 radical (unpaired) electrons. The number of carbonyl (C=O) groups is 1. The molecule has 0 spiro atoms.